The first-order chi connectivity index (χ1) is 10.8. The van der Waals surface area contributed by atoms with Crippen molar-refractivity contribution in [1.82, 2.24) is 15.3 Å². The van der Waals surface area contributed by atoms with Crippen LogP contribution in [0, 0.1) is 11.3 Å². The van der Waals surface area contributed by atoms with Gasteiger partial charge in [0.1, 0.15) is 0 Å². The van der Waals surface area contributed by atoms with Crippen LogP contribution in [0.1, 0.15) is 24.8 Å². The number of nitrogens with one attached hydrogen (secondary N) is 1. The zero-order valence-corrected chi connectivity index (χ0v) is 12.7. The second-order valence-corrected chi connectivity index (χ2v) is 5.40. The molecular formula is C17H19N5. The summed E-state index contributed by atoms with van der Waals surface area (Å²) in [6.07, 6.45) is 8.81. The summed E-state index contributed by atoms with van der Waals surface area (Å²) < 4.78 is 0. The summed E-state index contributed by atoms with van der Waals surface area (Å²) in [4.78, 5) is 10.9. The lowest BCUT2D eigenvalue weighted by atomic mass is 9.99. The van der Waals surface area contributed by atoms with Crippen LogP contribution in [0.2, 0.25) is 0 Å². The van der Waals surface area contributed by atoms with Crippen LogP contribution in [0.5, 0.6) is 0 Å². The van der Waals surface area contributed by atoms with Gasteiger partial charge in [0.2, 0.25) is 0 Å². The normalized spacial score (nSPS) is 18.0. The van der Waals surface area contributed by atoms with E-state index < -0.39 is 0 Å². The second kappa shape index (κ2) is 6.54. The Morgan fingerprint density at radius 3 is 2.95 bits per heavy atom. The molecule has 0 amide bonds. The Morgan fingerprint density at radius 1 is 1.32 bits per heavy atom. The van der Waals surface area contributed by atoms with Crippen molar-refractivity contribution in [2.75, 3.05) is 18.5 Å². The van der Waals surface area contributed by atoms with E-state index in [1.54, 1.807) is 18.6 Å². The molecule has 1 fully saturated rings. The quantitative estimate of drug-likeness (QED) is 0.942. The van der Waals surface area contributed by atoms with Crippen LogP contribution in [0.3, 0.4) is 0 Å². The minimum Gasteiger partial charge on any atom is -0.355 e. The van der Waals surface area contributed by atoms with Crippen molar-refractivity contribution in [2.45, 2.75) is 25.4 Å². The van der Waals surface area contributed by atoms with Crippen LogP contribution < -0.4 is 10.2 Å². The number of anilines is 1. The molecule has 5 nitrogen and oxygen atoms in total. The lowest BCUT2D eigenvalue weighted by molar-refractivity contribution is 0.418. The molecule has 0 radical (unpaired) electrons. The molecule has 112 valence electrons. The largest absolute Gasteiger partial charge is 0.355 e. The third-order valence-corrected chi connectivity index (χ3v) is 4.13. The maximum absolute atomic E-state index is 9.49. The predicted octanol–water partition coefficient (Wildman–Crippen LogP) is 2.55. The van der Waals surface area contributed by atoms with Crippen LogP contribution in [0.15, 0.2) is 36.8 Å². The Labute approximate surface area is 130 Å². The summed E-state index contributed by atoms with van der Waals surface area (Å²) in [6.45, 7) is 0.980. The second-order valence-electron chi connectivity index (χ2n) is 5.40. The molecule has 0 bridgehead atoms. The lowest BCUT2D eigenvalue weighted by Crippen LogP contribution is -2.47. The number of benzene rings is 1. The monoisotopic (exact) mass is 293 g/mol. The average molecular weight is 293 g/mol. The predicted molar refractivity (Wildman–Crippen MR) is 86.2 cm³/mol. The molecule has 1 aliphatic heterocycles. The molecule has 1 aromatic heterocycles. The molecule has 1 atom stereocenters. The first kappa shape index (κ1) is 14.5. The van der Waals surface area contributed by atoms with Crippen molar-refractivity contribution in [3.05, 3.63) is 42.4 Å². The third kappa shape index (κ3) is 2.66. The van der Waals surface area contributed by atoms with Gasteiger partial charge in [-0.15, -0.1) is 0 Å². The standard InChI is InChI=1S/C17H19N5/c1-19-16-7-2-3-10-22(16)15-6-4-5-13(11-18)17(15)14-12-20-8-9-21-14/h4-6,8-9,12,16,19H,2-3,7,10H2,1H3. The fourth-order valence-corrected chi connectivity index (χ4v) is 3.09. The Balaban J connectivity index is 2.14. The first-order valence-corrected chi connectivity index (χ1v) is 7.58. The molecular weight excluding hydrogens is 274 g/mol. The molecule has 1 aliphatic rings. The van der Waals surface area contributed by atoms with E-state index >= 15 is 0 Å². The molecule has 0 spiro atoms. The van der Waals surface area contributed by atoms with Crippen molar-refractivity contribution in [1.29, 1.82) is 5.26 Å². The Kier molecular flexibility index (Phi) is 4.31. The van der Waals surface area contributed by atoms with E-state index in [-0.39, 0.29) is 6.17 Å². The maximum Gasteiger partial charge on any atom is 0.0999 e. The molecule has 0 saturated carbocycles. The van der Waals surface area contributed by atoms with Crippen LogP contribution >= 0.6 is 0 Å². The SMILES string of the molecule is CNC1CCCCN1c1cccc(C#N)c1-c1cnccn1. The van der Waals surface area contributed by atoms with Gasteiger partial charge in [0.05, 0.1) is 29.7 Å². The number of hydrogen-bond donors (Lipinski definition) is 1. The van der Waals surface area contributed by atoms with Crippen LogP contribution in [-0.4, -0.2) is 29.7 Å². The zero-order valence-electron chi connectivity index (χ0n) is 12.7. The minimum absolute atomic E-state index is 0.290. The number of rotatable bonds is 3. The topological polar surface area (TPSA) is 64.8 Å². The van der Waals surface area contributed by atoms with Gasteiger partial charge in [-0.05, 0) is 38.4 Å². The third-order valence-electron chi connectivity index (χ3n) is 4.13. The Morgan fingerprint density at radius 2 is 2.23 bits per heavy atom. The van der Waals surface area contributed by atoms with Gasteiger partial charge in [-0.3, -0.25) is 9.97 Å². The number of hydrogen-bond acceptors (Lipinski definition) is 5. The first-order valence-electron chi connectivity index (χ1n) is 7.58. The molecule has 0 aliphatic carbocycles. The molecule has 5 heteroatoms. The van der Waals surface area contributed by atoms with Gasteiger partial charge < -0.3 is 10.2 Å². The van der Waals surface area contributed by atoms with Gasteiger partial charge in [0.15, 0.2) is 0 Å². The van der Waals surface area contributed by atoms with E-state index in [9.17, 15) is 5.26 Å². The van der Waals surface area contributed by atoms with Gasteiger partial charge in [-0.2, -0.15) is 5.26 Å². The molecule has 1 unspecified atom stereocenters. The van der Waals surface area contributed by atoms with Crippen LogP contribution in [0.25, 0.3) is 11.3 Å². The van der Waals surface area contributed by atoms with E-state index in [1.807, 2.05) is 19.2 Å². The zero-order chi connectivity index (χ0) is 15.4. The van der Waals surface area contributed by atoms with E-state index in [1.165, 1.54) is 6.42 Å². The molecule has 2 aromatic rings. The highest BCUT2D eigenvalue weighted by molar-refractivity contribution is 5.81. The van der Waals surface area contributed by atoms with Gasteiger partial charge in [-0.1, -0.05) is 6.07 Å². The summed E-state index contributed by atoms with van der Waals surface area (Å²) in [6, 6.07) is 8.14. The summed E-state index contributed by atoms with van der Waals surface area (Å²) in [7, 11) is 1.99. The number of piperidine rings is 1. The van der Waals surface area contributed by atoms with E-state index in [4.69, 9.17) is 0 Å². The molecule has 1 N–H and O–H groups in total. The average Bonchev–Trinajstić information content (AvgIpc) is 2.61. The Bertz CT molecular complexity index is 677. The smallest absolute Gasteiger partial charge is 0.0999 e. The van der Waals surface area contributed by atoms with Crippen molar-refractivity contribution in [3.63, 3.8) is 0 Å². The molecule has 3 rings (SSSR count). The lowest BCUT2D eigenvalue weighted by Gasteiger charge is -2.38. The highest BCUT2D eigenvalue weighted by Gasteiger charge is 2.25. The van der Waals surface area contributed by atoms with Crippen molar-refractivity contribution < 1.29 is 0 Å². The summed E-state index contributed by atoms with van der Waals surface area (Å²) >= 11 is 0. The van der Waals surface area contributed by atoms with Gasteiger partial charge >= 0.3 is 0 Å². The van der Waals surface area contributed by atoms with E-state index in [0.717, 1.165) is 36.3 Å². The van der Waals surface area contributed by atoms with E-state index in [2.05, 4.69) is 32.3 Å². The minimum atomic E-state index is 0.290. The van der Waals surface area contributed by atoms with Crippen LogP contribution in [0.4, 0.5) is 5.69 Å². The summed E-state index contributed by atoms with van der Waals surface area (Å²) in [5.74, 6) is 0. The molecule has 1 saturated heterocycles. The fourth-order valence-electron chi connectivity index (χ4n) is 3.09. The van der Waals surface area contributed by atoms with E-state index in [0.29, 0.717) is 5.56 Å². The van der Waals surface area contributed by atoms with Gasteiger partial charge in [0, 0.05) is 30.2 Å². The van der Waals surface area contributed by atoms with Gasteiger partial charge in [-0.25, -0.2) is 0 Å². The summed E-state index contributed by atoms with van der Waals surface area (Å²) in [5.41, 5.74) is 3.31. The highest BCUT2D eigenvalue weighted by atomic mass is 15.3. The van der Waals surface area contributed by atoms with Crippen LogP contribution in [-0.2, 0) is 0 Å². The molecule has 22 heavy (non-hydrogen) atoms. The highest BCUT2D eigenvalue weighted by Crippen LogP contribution is 2.35. The van der Waals surface area contributed by atoms with Crippen molar-refractivity contribution in [2.24, 2.45) is 0 Å². The number of nitriles is 1. The van der Waals surface area contributed by atoms with Crippen molar-refractivity contribution >= 4 is 5.69 Å². The van der Waals surface area contributed by atoms with Crippen molar-refractivity contribution in [3.8, 4) is 17.3 Å². The number of nitrogens with zero attached hydrogens (tertiary/aromatic N) is 4. The Hall–Kier alpha value is -2.45. The fraction of sp³-hybridized carbons (Fsp3) is 0.353. The van der Waals surface area contributed by atoms with Gasteiger partial charge in [0.25, 0.3) is 0 Å². The molecule has 1 aromatic carbocycles. The number of aromatic nitrogens is 2. The molecule has 2 heterocycles. The maximum atomic E-state index is 9.49. The summed E-state index contributed by atoms with van der Waals surface area (Å²) in [5, 5.41) is 12.9.